The van der Waals surface area contributed by atoms with Crippen molar-refractivity contribution in [2.75, 3.05) is 24.3 Å². The van der Waals surface area contributed by atoms with E-state index in [1.807, 2.05) is 6.07 Å². The molecule has 3 rings (SSSR count). The van der Waals surface area contributed by atoms with Crippen molar-refractivity contribution in [3.05, 3.63) is 58.8 Å². The van der Waals surface area contributed by atoms with Crippen LogP contribution in [-0.4, -0.2) is 24.5 Å². The third-order valence-corrected chi connectivity index (χ3v) is 4.81. The van der Waals surface area contributed by atoms with Crippen molar-refractivity contribution >= 4 is 29.0 Å². The Morgan fingerprint density at radius 1 is 1.26 bits per heavy atom. The maximum Gasteiger partial charge on any atom is 0.257 e. The summed E-state index contributed by atoms with van der Waals surface area (Å²) in [6, 6.07) is 8.65. The number of benzene rings is 1. The summed E-state index contributed by atoms with van der Waals surface area (Å²) in [7, 11) is 1.55. The maximum atomic E-state index is 12.4. The van der Waals surface area contributed by atoms with Gasteiger partial charge < -0.3 is 15.4 Å². The first-order chi connectivity index (χ1) is 13.2. The van der Waals surface area contributed by atoms with Gasteiger partial charge >= 0.3 is 0 Å². The number of ether oxygens (including phenoxy) is 1. The van der Waals surface area contributed by atoms with Gasteiger partial charge in [-0.1, -0.05) is 23.3 Å². The van der Waals surface area contributed by atoms with Gasteiger partial charge in [0, 0.05) is 17.8 Å². The highest BCUT2D eigenvalue weighted by molar-refractivity contribution is 6.31. The normalized spacial score (nSPS) is 13.6. The van der Waals surface area contributed by atoms with E-state index in [-0.39, 0.29) is 5.91 Å². The van der Waals surface area contributed by atoms with Gasteiger partial charge in [-0.25, -0.2) is 4.98 Å². The third-order valence-electron chi connectivity index (χ3n) is 4.57. The largest absolute Gasteiger partial charge is 0.495 e. The summed E-state index contributed by atoms with van der Waals surface area (Å²) in [5, 5.41) is 6.65. The van der Waals surface area contributed by atoms with Crippen LogP contribution in [0, 0.1) is 0 Å². The number of rotatable bonds is 7. The predicted octanol–water partition coefficient (Wildman–Crippen LogP) is 5.30. The van der Waals surface area contributed by atoms with Gasteiger partial charge in [0.1, 0.15) is 11.6 Å². The summed E-state index contributed by atoms with van der Waals surface area (Å²) in [5.41, 5.74) is 2.52. The Balaban J connectivity index is 1.55. The minimum Gasteiger partial charge on any atom is -0.495 e. The van der Waals surface area contributed by atoms with E-state index in [4.69, 9.17) is 16.3 Å². The van der Waals surface area contributed by atoms with Crippen LogP contribution in [0.3, 0.4) is 0 Å². The quantitative estimate of drug-likeness (QED) is 0.635. The van der Waals surface area contributed by atoms with Gasteiger partial charge in [-0.3, -0.25) is 4.79 Å². The molecule has 1 aliphatic rings. The van der Waals surface area contributed by atoms with E-state index in [2.05, 4.69) is 21.7 Å². The fraction of sp³-hybridized carbons (Fsp3) is 0.333. The van der Waals surface area contributed by atoms with Gasteiger partial charge in [-0.2, -0.15) is 0 Å². The number of methoxy groups -OCH3 is 1. The van der Waals surface area contributed by atoms with Crippen LogP contribution in [0.2, 0.25) is 5.02 Å². The predicted molar refractivity (Wildman–Crippen MR) is 110 cm³/mol. The number of amides is 1. The van der Waals surface area contributed by atoms with Crippen LogP contribution < -0.4 is 15.4 Å². The van der Waals surface area contributed by atoms with Crippen molar-refractivity contribution in [2.24, 2.45) is 0 Å². The molecule has 0 bridgehead atoms. The Morgan fingerprint density at radius 3 is 2.85 bits per heavy atom. The maximum absolute atomic E-state index is 12.4. The fourth-order valence-electron chi connectivity index (χ4n) is 3.09. The molecule has 142 valence electrons. The molecule has 5 nitrogen and oxygen atoms in total. The minimum absolute atomic E-state index is 0.262. The van der Waals surface area contributed by atoms with Crippen molar-refractivity contribution in [3.8, 4) is 5.75 Å². The van der Waals surface area contributed by atoms with Gasteiger partial charge in [-0.15, -0.1) is 0 Å². The number of hydrogen-bond acceptors (Lipinski definition) is 4. The van der Waals surface area contributed by atoms with E-state index in [1.54, 1.807) is 37.6 Å². The Bertz CT molecular complexity index is 819. The Hall–Kier alpha value is -2.53. The first-order valence-corrected chi connectivity index (χ1v) is 9.56. The molecule has 0 aliphatic heterocycles. The van der Waals surface area contributed by atoms with Gasteiger partial charge in [0.15, 0.2) is 0 Å². The molecule has 2 aromatic rings. The lowest BCUT2D eigenvalue weighted by molar-refractivity contribution is 0.102. The number of pyridine rings is 1. The van der Waals surface area contributed by atoms with E-state index in [0.29, 0.717) is 22.0 Å². The number of carbonyl (C=O) groups is 1. The number of nitrogens with one attached hydrogen (secondary N) is 2. The fourth-order valence-corrected chi connectivity index (χ4v) is 3.26. The number of halogens is 1. The zero-order valence-corrected chi connectivity index (χ0v) is 16.2. The van der Waals surface area contributed by atoms with Crippen molar-refractivity contribution in [1.82, 2.24) is 4.98 Å². The molecule has 6 heteroatoms. The second kappa shape index (κ2) is 9.42. The Morgan fingerprint density at radius 2 is 2.15 bits per heavy atom. The molecule has 1 amide bonds. The average Bonchev–Trinajstić information content (AvgIpc) is 2.69. The number of allylic oxidation sites excluding steroid dienone is 1. The van der Waals surface area contributed by atoms with Gasteiger partial charge in [0.25, 0.3) is 5.91 Å². The Kier molecular flexibility index (Phi) is 6.71. The summed E-state index contributed by atoms with van der Waals surface area (Å²) < 4.78 is 5.25. The molecule has 0 saturated heterocycles. The highest BCUT2D eigenvalue weighted by atomic mass is 35.5. The number of hydrogen-bond donors (Lipinski definition) is 2. The molecule has 0 spiro atoms. The summed E-state index contributed by atoms with van der Waals surface area (Å²) in [5.74, 6) is 1.06. The molecular weight excluding hydrogens is 362 g/mol. The van der Waals surface area contributed by atoms with Crippen LogP contribution in [0.1, 0.15) is 42.5 Å². The molecular formula is C21H24ClN3O2. The molecule has 1 heterocycles. The highest BCUT2D eigenvalue weighted by Crippen LogP contribution is 2.28. The van der Waals surface area contributed by atoms with Crippen molar-refractivity contribution in [1.29, 1.82) is 0 Å². The van der Waals surface area contributed by atoms with E-state index in [1.165, 1.54) is 31.3 Å². The minimum atomic E-state index is -0.262. The molecule has 1 aliphatic carbocycles. The zero-order chi connectivity index (χ0) is 19.1. The zero-order valence-electron chi connectivity index (χ0n) is 15.4. The lowest BCUT2D eigenvalue weighted by atomic mass is 9.97. The van der Waals surface area contributed by atoms with Gasteiger partial charge in [0.05, 0.1) is 18.4 Å². The SMILES string of the molecule is COc1ccc(Cl)cc1NC(=O)c1ccc(NCCC2=CCCCC2)nc1. The smallest absolute Gasteiger partial charge is 0.257 e. The lowest BCUT2D eigenvalue weighted by Gasteiger charge is -2.13. The molecule has 1 aromatic heterocycles. The van der Waals surface area contributed by atoms with Crippen molar-refractivity contribution in [3.63, 3.8) is 0 Å². The van der Waals surface area contributed by atoms with E-state index < -0.39 is 0 Å². The van der Waals surface area contributed by atoms with E-state index >= 15 is 0 Å². The highest BCUT2D eigenvalue weighted by Gasteiger charge is 2.11. The summed E-state index contributed by atoms with van der Waals surface area (Å²) in [4.78, 5) is 16.8. The molecule has 0 saturated carbocycles. The average molecular weight is 386 g/mol. The van der Waals surface area contributed by atoms with Crippen LogP contribution in [0.15, 0.2) is 48.2 Å². The first-order valence-electron chi connectivity index (χ1n) is 9.18. The van der Waals surface area contributed by atoms with Crippen LogP contribution in [0.5, 0.6) is 5.75 Å². The van der Waals surface area contributed by atoms with Crippen LogP contribution >= 0.6 is 11.6 Å². The Labute approximate surface area is 164 Å². The molecule has 0 unspecified atom stereocenters. The molecule has 0 atom stereocenters. The summed E-state index contributed by atoms with van der Waals surface area (Å²) >= 11 is 6.00. The third kappa shape index (κ3) is 5.47. The van der Waals surface area contributed by atoms with E-state index in [9.17, 15) is 4.79 Å². The second-order valence-corrected chi connectivity index (χ2v) is 6.95. The number of aromatic nitrogens is 1. The molecule has 1 aromatic carbocycles. The lowest BCUT2D eigenvalue weighted by Crippen LogP contribution is -2.13. The monoisotopic (exact) mass is 385 g/mol. The van der Waals surface area contributed by atoms with E-state index in [0.717, 1.165) is 18.8 Å². The van der Waals surface area contributed by atoms with Crippen LogP contribution in [-0.2, 0) is 0 Å². The standard InChI is InChI=1S/C21H24ClN3O2/c1-27-19-9-8-17(22)13-18(19)25-21(26)16-7-10-20(24-14-16)23-12-11-15-5-3-2-4-6-15/h5,7-10,13-14H,2-4,6,11-12H2,1H3,(H,23,24)(H,25,26). The summed E-state index contributed by atoms with van der Waals surface area (Å²) in [6.07, 6.45) is 9.98. The number of nitrogens with zero attached hydrogens (tertiary/aromatic N) is 1. The molecule has 0 radical (unpaired) electrons. The number of anilines is 2. The number of carbonyl (C=O) groups excluding carboxylic acids is 1. The molecule has 2 N–H and O–H groups in total. The van der Waals surface area contributed by atoms with Gasteiger partial charge in [-0.05, 0) is 62.4 Å². The van der Waals surface area contributed by atoms with Crippen LogP contribution in [0.4, 0.5) is 11.5 Å². The van der Waals surface area contributed by atoms with Crippen molar-refractivity contribution < 1.29 is 9.53 Å². The van der Waals surface area contributed by atoms with Crippen molar-refractivity contribution in [2.45, 2.75) is 32.1 Å². The molecule has 0 fully saturated rings. The van der Waals surface area contributed by atoms with Gasteiger partial charge in [0.2, 0.25) is 0 Å². The van der Waals surface area contributed by atoms with Crippen LogP contribution in [0.25, 0.3) is 0 Å². The molecule has 27 heavy (non-hydrogen) atoms. The second-order valence-electron chi connectivity index (χ2n) is 6.52. The summed E-state index contributed by atoms with van der Waals surface area (Å²) in [6.45, 7) is 0.851. The topological polar surface area (TPSA) is 63.2 Å². The first kappa shape index (κ1) is 19.2.